The number of amides is 1. The number of aromatic nitrogens is 3. The highest BCUT2D eigenvalue weighted by Gasteiger charge is 2.14. The van der Waals surface area contributed by atoms with E-state index in [0.29, 0.717) is 22.3 Å². The Morgan fingerprint density at radius 2 is 2.04 bits per heavy atom. The van der Waals surface area contributed by atoms with Gasteiger partial charge in [0.1, 0.15) is 10.7 Å². The van der Waals surface area contributed by atoms with Gasteiger partial charge in [-0.2, -0.15) is 5.10 Å². The number of hydrogen-bond acceptors (Lipinski definition) is 5. The van der Waals surface area contributed by atoms with Crippen molar-refractivity contribution in [3.8, 4) is 9.88 Å². The predicted molar refractivity (Wildman–Crippen MR) is 106 cm³/mol. The first-order valence-corrected chi connectivity index (χ1v) is 9.84. The molecule has 130 valence electrons. The van der Waals surface area contributed by atoms with Crippen molar-refractivity contribution in [3.63, 3.8) is 0 Å². The summed E-state index contributed by atoms with van der Waals surface area (Å²) < 4.78 is 2.48. The van der Waals surface area contributed by atoms with E-state index in [9.17, 15) is 4.79 Å². The van der Waals surface area contributed by atoms with Crippen LogP contribution in [0.5, 0.6) is 0 Å². The fourth-order valence-corrected chi connectivity index (χ4v) is 4.32. The lowest BCUT2D eigenvalue weighted by atomic mass is 10.2. The maximum absolute atomic E-state index is 12.4. The first-order valence-electron chi connectivity index (χ1n) is 7.76. The molecular formula is C18H13ClN4OS2. The Kier molecular flexibility index (Phi) is 4.83. The summed E-state index contributed by atoms with van der Waals surface area (Å²) in [5.74, 6) is -0.255. The van der Waals surface area contributed by atoms with Crippen LogP contribution in [0, 0.1) is 0 Å². The molecule has 0 bridgehead atoms. The van der Waals surface area contributed by atoms with E-state index in [0.717, 1.165) is 15.4 Å². The largest absolute Gasteiger partial charge is 0.318 e. The van der Waals surface area contributed by atoms with E-state index < -0.39 is 0 Å². The van der Waals surface area contributed by atoms with Crippen molar-refractivity contribution < 1.29 is 4.79 Å². The normalized spacial score (nSPS) is 10.8. The summed E-state index contributed by atoms with van der Waals surface area (Å²) in [6, 6.07) is 13.8. The molecule has 0 fully saturated rings. The van der Waals surface area contributed by atoms with E-state index >= 15 is 0 Å². The fourth-order valence-electron chi connectivity index (χ4n) is 2.40. The van der Waals surface area contributed by atoms with Gasteiger partial charge in [-0.05, 0) is 17.7 Å². The Morgan fingerprint density at radius 1 is 1.19 bits per heavy atom. The van der Waals surface area contributed by atoms with Crippen LogP contribution < -0.4 is 5.32 Å². The lowest BCUT2D eigenvalue weighted by Gasteiger charge is -2.01. The number of carbonyl (C=O) groups excluding carboxylic acids is 1. The molecule has 0 spiro atoms. The first kappa shape index (κ1) is 17.0. The molecule has 0 unspecified atom stereocenters. The quantitative estimate of drug-likeness (QED) is 0.511. The summed E-state index contributed by atoms with van der Waals surface area (Å²) in [7, 11) is 0. The van der Waals surface area contributed by atoms with E-state index in [-0.39, 0.29) is 5.91 Å². The smallest absolute Gasteiger partial charge is 0.275 e. The van der Waals surface area contributed by atoms with Gasteiger partial charge in [0.05, 0.1) is 27.6 Å². The van der Waals surface area contributed by atoms with Gasteiger partial charge < -0.3 is 5.32 Å². The molecule has 0 aliphatic heterocycles. The van der Waals surface area contributed by atoms with Gasteiger partial charge in [0.25, 0.3) is 5.91 Å². The number of thiazole rings is 1. The number of nitrogens with one attached hydrogen (secondary N) is 1. The van der Waals surface area contributed by atoms with Crippen LogP contribution in [-0.2, 0) is 6.54 Å². The minimum Gasteiger partial charge on any atom is -0.318 e. The van der Waals surface area contributed by atoms with Crippen LogP contribution in [0.1, 0.15) is 16.1 Å². The summed E-state index contributed by atoms with van der Waals surface area (Å²) >= 11 is 8.82. The average molecular weight is 401 g/mol. The lowest BCUT2D eigenvalue weighted by molar-refractivity contribution is 0.102. The van der Waals surface area contributed by atoms with Crippen molar-refractivity contribution in [1.29, 1.82) is 0 Å². The summed E-state index contributed by atoms with van der Waals surface area (Å²) in [5.41, 5.74) is 2.16. The number of hydrogen-bond donors (Lipinski definition) is 1. The molecule has 1 N–H and O–H groups in total. The van der Waals surface area contributed by atoms with Crippen LogP contribution in [0.2, 0.25) is 4.34 Å². The van der Waals surface area contributed by atoms with Crippen molar-refractivity contribution >= 4 is 45.9 Å². The number of thiophene rings is 1. The average Bonchev–Trinajstić information content (AvgIpc) is 3.37. The SMILES string of the molecule is O=C(Nc1cnn(Cc2ccccc2)c1)c1csc(-c2ccc(Cl)s2)n1. The van der Waals surface area contributed by atoms with Gasteiger partial charge in [0, 0.05) is 11.6 Å². The minimum atomic E-state index is -0.255. The molecule has 0 aliphatic rings. The van der Waals surface area contributed by atoms with Crippen LogP contribution in [0.15, 0.2) is 60.2 Å². The van der Waals surface area contributed by atoms with Crippen molar-refractivity contribution in [2.24, 2.45) is 0 Å². The molecule has 26 heavy (non-hydrogen) atoms. The zero-order valence-electron chi connectivity index (χ0n) is 13.4. The standard InChI is InChI=1S/C18H13ClN4OS2/c19-16-7-6-15(26-16)18-22-14(11-25-18)17(24)21-13-8-20-23(10-13)9-12-4-2-1-3-5-12/h1-8,10-11H,9H2,(H,21,24). The minimum absolute atomic E-state index is 0.255. The van der Waals surface area contributed by atoms with Gasteiger partial charge in [0.2, 0.25) is 0 Å². The highest BCUT2D eigenvalue weighted by atomic mass is 35.5. The summed E-state index contributed by atoms with van der Waals surface area (Å²) in [6.45, 7) is 0.650. The predicted octanol–water partition coefficient (Wildman–Crippen LogP) is 5.02. The highest BCUT2D eigenvalue weighted by Crippen LogP contribution is 2.33. The molecule has 5 nitrogen and oxygen atoms in total. The van der Waals surface area contributed by atoms with Gasteiger partial charge >= 0.3 is 0 Å². The van der Waals surface area contributed by atoms with Crippen LogP contribution >= 0.6 is 34.3 Å². The number of rotatable bonds is 5. The van der Waals surface area contributed by atoms with Crippen LogP contribution in [0.25, 0.3) is 9.88 Å². The number of nitrogens with zero attached hydrogens (tertiary/aromatic N) is 3. The highest BCUT2D eigenvalue weighted by molar-refractivity contribution is 7.23. The van der Waals surface area contributed by atoms with Crippen molar-refractivity contribution in [1.82, 2.24) is 14.8 Å². The van der Waals surface area contributed by atoms with Crippen molar-refractivity contribution in [2.75, 3.05) is 5.32 Å². The Balaban J connectivity index is 1.43. The molecule has 1 aromatic carbocycles. The van der Waals surface area contributed by atoms with E-state index in [4.69, 9.17) is 11.6 Å². The van der Waals surface area contributed by atoms with Gasteiger partial charge in [-0.1, -0.05) is 41.9 Å². The molecule has 1 amide bonds. The molecule has 0 saturated carbocycles. The molecule has 3 heterocycles. The van der Waals surface area contributed by atoms with Crippen LogP contribution in [0.4, 0.5) is 5.69 Å². The number of halogens is 1. The van der Waals surface area contributed by atoms with Crippen LogP contribution in [0.3, 0.4) is 0 Å². The third kappa shape index (κ3) is 3.85. The molecule has 4 rings (SSSR count). The molecule has 0 saturated heterocycles. The fraction of sp³-hybridized carbons (Fsp3) is 0.0556. The molecule has 0 atom stereocenters. The van der Waals surface area contributed by atoms with Gasteiger partial charge in [-0.25, -0.2) is 4.98 Å². The van der Waals surface area contributed by atoms with Crippen LogP contribution in [-0.4, -0.2) is 20.7 Å². The maximum Gasteiger partial charge on any atom is 0.275 e. The Morgan fingerprint density at radius 3 is 2.81 bits per heavy atom. The molecule has 0 aliphatic carbocycles. The topological polar surface area (TPSA) is 59.8 Å². The zero-order valence-corrected chi connectivity index (χ0v) is 15.8. The van der Waals surface area contributed by atoms with Gasteiger partial charge in [0.15, 0.2) is 0 Å². The molecule has 8 heteroatoms. The first-order chi connectivity index (χ1) is 12.7. The number of anilines is 1. The summed E-state index contributed by atoms with van der Waals surface area (Å²) in [6.07, 6.45) is 3.43. The summed E-state index contributed by atoms with van der Waals surface area (Å²) in [4.78, 5) is 17.8. The van der Waals surface area contributed by atoms with Crippen molar-refractivity contribution in [3.05, 3.63) is 75.8 Å². The third-order valence-electron chi connectivity index (χ3n) is 3.60. The molecule has 0 radical (unpaired) electrons. The Hall–Kier alpha value is -2.48. The van der Waals surface area contributed by atoms with Crippen molar-refractivity contribution in [2.45, 2.75) is 6.54 Å². The van der Waals surface area contributed by atoms with E-state index in [2.05, 4.69) is 15.4 Å². The van der Waals surface area contributed by atoms with Gasteiger partial charge in [-0.3, -0.25) is 9.48 Å². The Labute approximate surface area is 162 Å². The molecule has 4 aromatic rings. The number of carbonyl (C=O) groups is 1. The zero-order chi connectivity index (χ0) is 17.9. The summed E-state index contributed by atoms with van der Waals surface area (Å²) in [5, 5.41) is 9.65. The number of benzene rings is 1. The van der Waals surface area contributed by atoms with Gasteiger partial charge in [-0.15, -0.1) is 22.7 Å². The molecular weight excluding hydrogens is 388 g/mol. The second-order valence-electron chi connectivity index (χ2n) is 5.51. The van der Waals surface area contributed by atoms with E-state index in [1.165, 1.54) is 22.7 Å². The van der Waals surface area contributed by atoms with E-state index in [1.54, 1.807) is 22.5 Å². The maximum atomic E-state index is 12.4. The third-order valence-corrected chi connectivity index (χ3v) is 5.84. The second-order valence-corrected chi connectivity index (χ2v) is 8.08. The monoisotopic (exact) mass is 400 g/mol. The lowest BCUT2D eigenvalue weighted by Crippen LogP contribution is -2.11. The Bertz CT molecular complexity index is 1040. The second kappa shape index (κ2) is 7.41. The molecule has 3 aromatic heterocycles. The van der Waals surface area contributed by atoms with E-state index in [1.807, 2.05) is 42.5 Å².